The SMILES string of the molecule is COc1cc(-c2cc(C(=O)NCc3cccnc3OC)c3ccccc3n2)cc(OC)c1OC. The molecule has 0 radical (unpaired) electrons. The molecule has 2 aromatic heterocycles. The van der Waals surface area contributed by atoms with Crippen molar-refractivity contribution in [2.45, 2.75) is 6.54 Å². The fourth-order valence-corrected chi connectivity index (χ4v) is 3.75. The number of carbonyl (C=O) groups is 1. The second-order valence-electron chi connectivity index (χ2n) is 7.34. The number of hydrogen-bond acceptors (Lipinski definition) is 7. The summed E-state index contributed by atoms with van der Waals surface area (Å²) in [6, 6.07) is 16.5. The summed E-state index contributed by atoms with van der Waals surface area (Å²) in [6.07, 6.45) is 1.64. The molecule has 0 fully saturated rings. The van der Waals surface area contributed by atoms with Crippen LogP contribution in [-0.2, 0) is 6.54 Å². The molecule has 0 saturated heterocycles. The molecule has 0 bridgehead atoms. The summed E-state index contributed by atoms with van der Waals surface area (Å²) in [7, 11) is 6.21. The number of nitrogens with zero attached hydrogens (tertiary/aromatic N) is 2. The number of fused-ring (bicyclic) bond motifs is 1. The van der Waals surface area contributed by atoms with Gasteiger partial charge in [-0.3, -0.25) is 4.79 Å². The molecule has 1 N–H and O–H groups in total. The maximum atomic E-state index is 13.3. The zero-order valence-electron chi connectivity index (χ0n) is 19.4. The number of hydrogen-bond donors (Lipinski definition) is 1. The van der Waals surface area contributed by atoms with Gasteiger partial charge in [-0.1, -0.05) is 24.3 Å². The lowest BCUT2D eigenvalue weighted by atomic mass is 10.0. The Morgan fingerprint density at radius 2 is 1.62 bits per heavy atom. The van der Waals surface area contributed by atoms with Gasteiger partial charge in [-0.2, -0.15) is 0 Å². The average Bonchev–Trinajstić information content (AvgIpc) is 2.90. The lowest BCUT2D eigenvalue weighted by Gasteiger charge is -2.15. The number of benzene rings is 2. The minimum absolute atomic E-state index is 0.238. The molecular weight excluding hydrogens is 434 g/mol. The van der Waals surface area contributed by atoms with Gasteiger partial charge in [0.2, 0.25) is 11.6 Å². The van der Waals surface area contributed by atoms with E-state index in [1.807, 2.05) is 30.3 Å². The number of rotatable bonds is 8. The third-order valence-electron chi connectivity index (χ3n) is 5.40. The van der Waals surface area contributed by atoms with Crippen LogP contribution >= 0.6 is 0 Å². The van der Waals surface area contributed by atoms with Crippen molar-refractivity contribution in [3.63, 3.8) is 0 Å². The Balaban J connectivity index is 1.76. The van der Waals surface area contributed by atoms with E-state index in [4.69, 9.17) is 23.9 Å². The molecule has 1 amide bonds. The highest BCUT2D eigenvalue weighted by Crippen LogP contribution is 2.41. The number of pyridine rings is 2. The highest BCUT2D eigenvalue weighted by Gasteiger charge is 2.18. The highest BCUT2D eigenvalue weighted by molar-refractivity contribution is 6.07. The molecular formula is C26H25N3O5. The first-order valence-electron chi connectivity index (χ1n) is 10.6. The van der Waals surface area contributed by atoms with Crippen molar-refractivity contribution in [1.82, 2.24) is 15.3 Å². The smallest absolute Gasteiger partial charge is 0.252 e. The molecule has 0 unspecified atom stereocenters. The van der Waals surface area contributed by atoms with E-state index < -0.39 is 0 Å². The first-order valence-corrected chi connectivity index (χ1v) is 10.6. The molecule has 4 rings (SSSR count). The number of carbonyl (C=O) groups excluding carboxylic acids is 1. The van der Waals surface area contributed by atoms with Crippen LogP contribution < -0.4 is 24.3 Å². The number of nitrogens with one attached hydrogen (secondary N) is 1. The summed E-state index contributed by atoms with van der Waals surface area (Å²) in [6.45, 7) is 0.270. The fourth-order valence-electron chi connectivity index (χ4n) is 3.75. The molecule has 0 atom stereocenters. The Kier molecular flexibility index (Phi) is 6.77. The number of para-hydroxylation sites is 1. The lowest BCUT2D eigenvalue weighted by molar-refractivity contribution is 0.0952. The Morgan fingerprint density at radius 1 is 0.882 bits per heavy atom. The van der Waals surface area contributed by atoms with Crippen molar-refractivity contribution >= 4 is 16.8 Å². The van der Waals surface area contributed by atoms with Gasteiger partial charge >= 0.3 is 0 Å². The molecule has 34 heavy (non-hydrogen) atoms. The quantitative estimate of drug-likeness (QED) is 0.421. The van der Waals surface area contributed by atoms with Gasteiger partial charge in [0.1, 0.15) is 0 Å². The Hall–Kier alpha value is -4.33. The molecule has 0 aliphatic heterocycles. The van der Waals surface area contributed by atoms with E-state index in [9.17, 15) is 4.79 Å². The predicted molar refractivity (Wildman–Crippen MR) is 129 cm³/mol. The Morgan fingerprint density at radius 3 is 2.29 bits per heavy atom. The van der Waals surface area contributed by atoms with E-state index in [1.54, 1.807) is 58.9 Å². The van der Waals surface area contributed by atoms with E-state index in [-0.39, 0.29) is 12.5 Å². The molecule has 2 heterocycles. The summed E-state index contributed by atoms with van der Waals surface area (Å²) < 4.78 is 21.7. The summed E-state index contributed by atoms with van der Waals surface area (Å²) in [5.74, 6) is 1.72. The molecule has 0 saturated carbocycles. The molecule has 8 nitrogen and oxygen atoms in total. The van der Waals surface area contributed by atoms with Crippen LogP contribution in [0.5, 0.6) is 23.1 Å². The van der Waals surface area contributed by atoms with Gasteiger partial charge in [0.15, 0.2) is 11.5 Å². The molecule has 0 aliphatic rings. The average molecular weight is 460 g/mol. The third-order valence-corrected chi connectivity index (χ3v) is 5.40. The van der Waals surface area contributed by atoms with Crippen LogP contribution in [0.15, 0.2) is 60.8 Å². The Labute approximate surface area is 197 Å². The van der Waals surface area contributed by atoms with Crippen molar-refractivity contribution in [2.75, 3.05) is 28.4 Å². The second-order valence-corrected chi connectivity index (χ2v) is 7.34. The van der Waals surface area contributed by atoms with Crippen molar-refractivity contribution in [2.24, 2.45) is 0 Å². The molecule has 2 aromatic carbocycles. The predicted octanol–water partition coefficient (Wildman–Crippen LogP) is 4.26. The van der Waals surface area contributed by atoms with Gasteiger partial charge in [0.25, 0.3) is 5.91 Å². The standard InChI is InChI=1S/C26H25N3O5/c1-31-22-12-17(13-23(32-2)24(22)33-3)21-14-19(18-9-5-6-10-20(18)29-21)25(30)28-15-16-8-7-11-27-26(16)34-4/h5-14H,15H2,1-4H3,(H,28,30). The first-order chi connectivity index (χ1) is 16.6. The van der Waals surface area contributed by atoms with E-state index in [2.05, 4.69) is 10.3 Å². The molecule has 0 spiro atoms. The normalized spacial score (nSPS) is 10.6. The number of amides is 1. The van der Waals surface area contributed by atoms with Crippen molar-refractivity contribution in [3.8, 4) is 34.4 Å². The molecule has 174 valence electrons. The van der Waals surface area contributed by atoms with Crippen LogP contribution in [0.2, 0.25) is 0 Å². The van der Waals surface area contributed by atoms with Crippen LogP contribution in [-0.4, -0.2) is 44.3 Å². The monoisotopic (exact) mass is 459 g/mol. The molecule has 0 aliphatic carbocycles. The van der Waals surface area contributed by atoms with Gasteiger partial charge < -0.3 is 24.3 Å². The van der Waals surface area contributed by atoms with E-state index in [1.165, 1.54) is 0 Å². The summed E-state index contributed by atoms with van der Waals surface area (Å²) >= 11 is 0. The van der Waals surface area contributed by atoms with Crippen molar-refractivity contribution in [3.05, 3.63) is 71.9 Å². The fraction of sp³-hybridized carbons (Fsp3) is 0.192. The zero-order valence-corrected chi connectivity index (χ0v) is 19.4. The highest BCUT2D eigenvalue weighted by atomic mass is 16.5. The van der Waals surface area contributed by atoms with Gasteiger partial charge in [-0.15, -0.1) is 0 Å². The van der Waals surface area contributed by atoms with Crippen LogP contribution in [0.1, 0.15) is 15.9 Å². The van der Waals surface area contributed by atoms with Crippen LogP contribution in [0.3, 0.4) is 0 Å². The molecule has 4 aromatic rings. The van der Waals surface area contributed by atoms with Gasteiger partial charge in [-0.25, -0.2) is 9.97 Å². The maximum absolute atomic E-state index is 13.3. The van der Waals surface area contributed by atoms with Crippen molar-refractivity contribution < 1.29 is 23.7 Å². The first kappa shape index (κ1) is 22.8. The third kappa shape index (κ3) is 4.43. The number of methoxy groups -OCH3 is 4. The van der Waals surface area contributed by atoms with Crippen LogP contribution in [0.4, 0.5) is 0 Å². The van der Waals surface area contributed by atoms with E-state index in [0.29, 0.717) is 39.9 Å². The second kappa shape index (κ2) is 10.1. The van der Waals surface area contributed by atoms with Gasteiger partial charge in [0.05, 0.1) is 45.2 Å². The minimum Gasteiger partial charge on any atom is -0.493 e. The van der Waals surface area contributed by atoms with Crippen LogP contribution in [0.25, 0.3) is 22.2 Å². The van der Waals surface area contributed by atoms with Crippen molar-refractivity contribution in [1.29, 1.82) is 0 Å². The summed E-state index contributed by atoms with van der Waals surface area (Å²) in [5, 5.41) is 3.71. The maximum Gasteiger partial charge on any atom is 0.252 e. The lowest BCUT2D eigenvalue weighted by Crippen LogP contribution is -2.23. The van der Waals surface area contributed by atoms with E-state index in [0.717, 1.165) is 16.5 Å². The summed E-state index contributed by atoms with van der Waals surface area (Å²) in [4.78, 5) is 22.3. The van der Waals surface area contributed by atoms with Crippen LogP contribution in [0, 0.1) is 0 Å². The largest absolute Gasteiger partial charge is 0.493 e. The molecule has 8 heteroatoms. The minimum atomic E-state index is -0.238. The number of ether oxygens (including phenoxy) is 4. The van der Waals surface area contributed by atoms with E-state index >= 15 is 0 Å². The Bertz CT molecular complexity index is 1310. The van der Waals surface area contributed by atoms with Gasteiger partial charge in [-0.05, 0) is 30.3 Å². The number of aromatic nitrogens is 2. The van der Waals surface area contributed by atoms with Gasteiger partial charge in [0, 0.05) is 29.3 Å². The topological polar surface area (TPSA) is 91.8 Å². The summed E-state index contributed by atoms with van der Waals surface area (Å²) in [5.41, 5.74) is 3.29. The zero-order chi connectivity index (χ0) is 24.1.